The van der Waals surface area contributed by atoms with Crippen LogP contribution >= 0.6 is 11.3 Å². The highest BCUT2D eigenvalue weighted by molar-refractivity contribution is 7.88. The van der Waals surface area contributed by atoms with Gasteiger partial charge in [0.1, 0.15) is 5.01 Å². The predicted molar refractivity (Wildman–Crippen MR) is 95.3 cm³/mol. The molecular weight excluding hydrogens is 346 g/mol. The molecule has 2 aromatic rings. The number of thiazole rings is 1. The summed E-state index contributed by atoms with van der Waals surface area (Å²) in [5.74, 6) is -0.447. The first-order chi connectivity index (χ1) is 11.4. The van der Waals surface area contributed by atoms with E-state index in [4.69, 9.17) is 0 Å². The van der Waals surface area contributed by atoms with E-state index in [1.807, 2.05) is 29.6 Å². The van der Waals surface area contributed by atoms with Gasteiger partial charge in [0, 0.05) is 35.9 Å². The lowest BCUT2D eigenvalue weighted by Crippen LogP contribution is -2.43. The summed E-state index contributed by atoms with van der Waals surface area (Å²) in [4.78, 5) is 16.7. The van der Waals surface area contributed by atoms with Gasteiger partial charge in [0.2, 0.25) is 15.9 Å². The molecule has 1 unspecified atom stereocenters. The number of benzene rings is 1. The molecule has 2 heterocycles. The van der Waals surface area contributed by atoms with E-state index in [0.29, 0.717) is 25.1 Å². The van der Waals surface area contributed by atoms with Crippen LogP contribution in [0.4, 0.5) is 5.69 Å². The quantitative estimate of drug-likeness (QED) is 0.902. The van der Waals surface area contributed by atoms with Crippen molar-refractivity contribution < 1.29 is 13.2 Å². The van der Waals surface area contributed by atoms with Gasteiger partial charge < -0.3 is 5.32 Å². The molecule has 1 aromatic carbocycles. The molecule has 1 aliphatic heterocycles. The summed E-state index contributed by atoms with van der Waals surface area (Å²) >= 11 is 1.56. The fraction of sp³-hybridized carbons (Fsp3) is 0.375. The van der Waals surface area contributed by atoms with Gasteiger partial charge in [-0.3, -0.25) is 4.79 Å². The lowest BCUT2D eigenvalue weighted by atomic mass is 9.98. The molecule has 0 radical (unpaired) electrons. The van der Waals surface area contributed by atoms with Crippen molar-refractivity contribution in [1.82, 2.24) is 9.29 Å². The standard InChI is InChI=1S/C16H19N3O3S2/c1-24(21,22)19-9-2-3-13(11-19)15(20)18-14-6-4-12(5-7-14)16-17-8-10-23-16/h4-8,10,13H,2-3,9,11H2,1H3,(H,18,20). The number of nitrogens with one attached hydrogen (secondary N) is 1. The molecule has 1 atom stereocenters. The minimum atomic E-state index is -3.25. The van der Waals surface area contributed by atoms with Crippen molar-refractivity contribution in [2.45, 2.75) is 12.8 Å². The predicted octanol–water partition coefficient (Wildman–Crippen LogP) is 2.42. The van der Waals surface area contributed by atoms with Gasteiger partial charge in [-0.2, -0.15) is 0 Å². The van der Waals surface area contributed by atoms with Crippen LogP contribution in [0.5, 0.6) is 0 Å². The second-order valence-electron chi connectivity index (χ2n) is 5.86. The first kappa shape index (κ1) is 17.1. The molecule has 1 N–H and O–H groups in total. The SMILES string of the molecule is CS(=O)(=O)N1CCCC(C(=O)Nc2ccc(-c3nccs3)cc2)C1. The minimum Gasteiger partial charge on any atom is -0.326 e. The Morgan fingerprint density at radius 2 is 2.08 bits per heavy atom. The zero-order valence-electron chi connectivity index (χ0n) is 13.3. The summed E-state index contributed by atoms with van der Waals surface area (Å²) in [5, 5.41) is 5.73. The number of aromatic nitrogens is 1. The molecule has 1 aromatic heterocycles. The van der Waals surface area contributed by atoms with Crippen molar-refractivity contribution >= 4 is 33.0 Å². The molecule has 8 heteroatoms. The normalized spacial score (nSPS) is 19.1. The highest BCUT2D eigenvalue weighted by Crippen LogP contribution is 2.24. The van der Waals surface area contributed by atoms with Crippen molar-refractivity contribution in [2.24, 2.45) is 5.92 Å². The smallest absolute Gasteiger partial charge is 0.228 e. The molecule has 1 aliphatic rings. The Hall–Kier alpha value is -1.77. The Bertz CT molecular complexity index is 802. The zero-order valence-corrected chi connectivity index (χ0v) is 14.9. The van der Waals surface area contributed by atoms with Crippen LogP contribution in [-0.2, 0) is 14.8 Å². The van der Waals surface area contributed by atoms with Crippen LogP contribution in [-0.4, -0.2) is 43.0 Å². The lowest BCUT2D eigenvalue weighted by molar-refractivity contribution is -0.120. The number of sulfonamides is 1. The number of anilines is 1. The fourth-order valence-corrected chi connectivity index (χ4v) is 4.32. The molecule has 1 saturated heterocycles. The Labute approximate surface area is 145 Å². The average molecular weight is 365 g/mol. The lowest BCUT2D eigenvalue weighted by Gasteiger charge is -2.30. The Morgan fingerprint density at radius 3 is 2.71 bits per heavy atom. The van der Waals surface area contributed by atoms with Crippen molar-refractivity contribution in [2.75, 3.05) is 24.7 Å². The molecule has 0 saturated carbocycles. The number of carbonyl (C=O) groups is 1. The molecule has 1 amide bonds. The van der Waals surface area contributed by atoms with Crippen LogP contribution in [0.15, 0.2) is 35.8 Å². The van der Waals surface area contributed by atoms with Crippen molar-refractivity contribution in [3.8, 4) is 10.6 Å². The number of hydrogen-bond acceptors (Lipinski definition) is 5. The van der Waals surface area contributed by atoms with Crippen LogP contribution in [0.1, 0.15) is 12.8 Å². The molecule has 6 nitrogen and oxygen atoms in total. The largest absolute Gasteiger partial charge is 0.326 e. The first-order valence-electron chi connectivity index (χ1n) is 7.69. The molecular formula is C16H19N3O3S2. The fourth-order valence-electron chi connectivity index (χ4n) is 2.76. The number of amides is 1. The summed E-state index contributed by atoms with van der Waals surface area (Å²) in [6.45, 7) is 0.743. The van der Waals surface area contributed by atoms with E-state index >= 15 is 0 Å². The van der Waals surface area contributed by atoms with Crippen LogP contribution in [0.25, 0.3) is 10.6 Å². The van der Waals surface area contributed by atoms with Gasteiger partial charge in [-0.05, 0) is 37.1 Å². The molecule has 3 rings (SSSR count). The van der Waals surface area contributed by atoms with E-state index in [1.165, 1.54) is 10.6 Å². The Kier molecular flexibility index (Phi) is 4.98. The highest BCUT2D eigenvalue weighted by Gasteiger charge is 2.30. The Balaban J connectivity index is 1.64. The van der Waals surface area contributed by atoms with Gasteiger partial charge in [0.25, 0.3) is 0 Å². The van der Waals surface area contributed by atoms with E-state index in [2.05, 4.69) is 10.3 Å². The van der Waals surface area contributed by atoms with E-state index < -0.39 is 10.0 Å². The van der Waals surface area contributed by atoms with E-state index in [9.17, 15) is 13.2 Å². The third-order valence-corrected chi connectivity index (χ3v) is 6.15. The van der Waals surface area contributed by atoms with Crippen molar-refractivity contribution in [1.29, 1.82) is 0 Å². The first-order valence-corrected chi connectivity index (χ1v) is 10.4. The van der Waals surface area contributed by atoms with Crippen molar-refractivity contribution in [3.63, 3.8) is 0 Å². The highest BCUT2D eigenvalue weighted by atomic mass is 32.2. The van der Waals surface area contributed by atoms with Crippen LogP contribution in [0, 0.1) is 5.92 Å². The van der Waals surface area contributed by atoms with Gasteiger partial charge in [-0.1, -0.05) is 0 Å². The van der Waals surface area contributed by atoms with Gasteiger partial charge in [-0.25, -0.2) is 17.7 Å². The number of rotatable bonds is 4. The summed E-state index contributed by atoms with van der Waals surface area (Å²) in [7, 11) is -3.25. The van der Waals surface area contributed by atoms with Crippen LogP contribution in [0.3, 0.4) is 0 Å². The number of piperidine rings is 1. The maximum absolute atomic E-state index is 12.4. The summed E-state index contributed by atoms with van der Waals surface area (Å²) in [5.41, 5.74) is 1.71. The third-order valence-electron chi connectivity index (χ3n) is 4.06. The van der Waals surface area contributed by atoms with Gasteiger partial charge in [0.15, 0.2) is 0 Å². The molecule has 0 spiro atoms. The number of carbonyl (C=O) groups excluding carboxylic acids is 1. The number of hydrogen-bond donors (Lipinski definition) is 1. The van der Waals surface area contributed by atoms with E-state index in [1.54, 1.807) is 17.5 Å². The van der Waals surface area contributed by atoms with Gasteiger partial charge >= 0.3 is 0 Å². The third kappa shape index (κ3) is 4.00. The van der Waals surface area contributed by atoms with E-state index in [0.717, 1.165) is 10.6 Å². The summed E-state index contributed by atoms with van der Waals surface area (Å²) < 4.78 is 24.7. The Morgan fingerprint density at radius 1 is 1.33 bits per heavy atom. The second kappa shape index (κ2) is 7.00. The maximum atomic E-state index is 12.4. The summed E-state index contributed by atoms with van der Waals surface area (Å²) in [6, 6.07) is 7.51. The van der Waals surface area contributed by atoms with Gasteiger partial charge in [0.05, 0.1) is 12.2 Å². The van der Waals surface area contributed by atoms with Gasteiger partial charge in [-0.15, -0.1) is 11.3 Å². The maximum Gasteiger partial charge on any atom is 0.228 e. The molecule has 24 heavy (non-hydrogen) atoms. The minimum absolute atomic E-state index is 0.134. The molecule has 0 aliphatic carbocycles. The van der Waals surface area contributed by atoms with Crippen LogP contribution in [0.2, 0.25) is 0 Å². The van der Waals surface area contributed by atoms with Crippen molar-refractivity contribution in [3.05, 3.63) is 35.8 Å². The number of nitrogens with zero attached hydrogens (tertiary/aromatic N) is 2. The molecule has 0 bridgehead atoms. The molecule has 1 fully saturated rings. The second-order valence-corrected chi connectivity index (χ2v) is 8.74. The summed E-state index contributed by atoms with van der Waals surface area (Å²) in [6.07, 6.45) is 4.35. The average Bonchev–Trinajstić information content (AvgIpc) is 3.09. The topological polar surface area (TPSA) is 79.4 Å². The monoisotopic (exact) mass is 365 g/mol. The van der Waals surface area contributed by atoms with Crippen LogP contribution < -0.4 is 5.32 Å². The molecule has 128 valence electrons. The zero-order chi connectivity index (χ0) is 17.2. The van der Waals surface area contributed by atoms with E-state index in [-0.39, 0.29) is 18.4 Å².